The van der Waals surface area contributed by atoms with E-state index in [1.807, 2.05) is 20.8 Å². The molecular formula is C9H10N4. The van der Waals surface area contributed by atoms with Gasteiger partial charge >= 0.3 is 0 Å². The van der Waals surface area contributed by atoms with E-state index >= 15 is 0 Å². The highest BCUT2D eigenvalue weighted by Crippen LogP contribution is 2.11. The standard InChI is InChI=1S/C9H10N4/c1-5-6(2)13-9-8(12-5)7(3)10-4-11-9/h4H,1-3H3. The monoisotopic (exact) mass is 174 g/mol. The minimum absolute atomic E-state index is 0.676. The predicted octanol–water partition coefficient (Wildman–Crippen LogP) is 1.35. The molecule has 0 spiro atoms. The first-order chi connectivity index (χ1) is 6.18. The Balaban J connectivity index is 2.89. The Hall–Kier alpha value is -1.58. The van der Waals surface area contributed by atoms with Crippen LogP contribution in [0.15, 0.2) is 6.33 Å². The highest BCUT2D eigenvalue weighted by molar-refractivity contribution is 5.71. The highest BCUT2D eigenvalue weighted by Gasteiger charge is 2.04. The van der Waals surface area contributed by atoms with Gasteiger partial charge in [-0.15, -0.1) is 0 Å². The first kappa shape index (κ1) is 8.04. The minimum atomic E-state index is 0.676. The summed E-state index contributed by atoms with van der Waals surface area (Å²) in [5.74, 6) is 0. The van der Waals surface area contributed by atoms with E-state index in [0.29, 0.717) is 5.65 Å². The number of fused-ring (bicyclic) bond motifs is 1. The second-order valence-electron chi connectivity index (χ2n) is 3.03. The maximum atomic E-state index is 4.39. The molecule has 0 aromatic carbocycles. The van der Waals surface area contributed by atoms with Crippen LogP contribution in [0.5, 0.6) is 0 Å². The first-order valence-corrected chi connectivity index (χ1v) is 4.11. The average Bonchev–Trinajstić information content (AvgIpc) is 2.09. The summed E-state index contributed by atoms with van der Waals surface area (Å²) >= 11 is 0. The smallest absolute Gasteiger partial charge is 0.181 e. The lowest BCUT2D eigenvalue weighted by atomic mass is 10.3. The second-order valence-corrected chi connectivity index (χ2v) is 3.03. The fraction of sp³-hybridized carbons (Fsp3) is 0.333. The van der Waals surface area contributed by atoms with Crippen LogP contribution in [0.2, 0.25) is 0 Å². The van der Waals surface area contributed by atoms with Gasteiger partial charge in [0.2, 0.25) is 0 Å². The van der Waals surface area contributed by atoms with Gasteiger partial charge in [0.25, 0.3) is 0 Å². The SMILES string of the molecule is Cc1nc2ncnc(C)c2nc1C. The van der Waals surface area contributed by atoms with E-state index in [2.05, 4.69) is 19.9 Å². The van der Waals surface area contributed by atoms with Crippen molar-refractivity contribution in [1.29, 1.82) is 0 Å². The van der Waals surface area contributed by atoms with Gasteiger partial charge in [-0.25, -0.2) is 19.9 Å². The summed E-state index contributed by atoms with van der Waals surface area (Å²) in [6.45, 7) is 5.78. The Morgan fingerprint density at radius 2 is 1.54 bits per heavy atom. The van der Waals surface area contributed by atoms with Gasteiger partial charge < -0.3 is 0 Å². The molecule has 0 unspecified atom stereocenters. The summed E-state index contributed by atoms with van der Waals surface area (Å²) in [5, 5.41) is 0. The molecule has 0 atom stereocenters. The van der Waals surface area contributed by atoms with Gasteiger partial charge in [-0.3, -0.25) is 0 Å². The molecule has 0 aliphatic carbocycles. The molecule has 0 N–H and O–H groups in total. The number of hydrogen-bond donors (Lipinski definition) is 0. The maximum Gasteiger partial charge on any atom is 0.181 e. The third kappa shape index (κ3) is 1.24. The highest BCUT2D eigenvalue weighted by atomic mass is 15.0. The van der Waals surface area contributed by atoms with Gasteiger partial charge in [0.05, 0.1) is 17.1 Å². The molecule has 0 bridgehead atoms. The van der Waals surface area contributed by atoms with E-state index < -0.39 is 0 Å². The van der Waals surface area contributed by atoms with Crippen LogP contribution in [0.25, 0.3) is 11.2 Å². The van der Waals surface area contributed by atoms with Gasteiger partial charge in [-0.2, -0.15) is 0 Å². The van der Waals surface area contributed by atoms with E-state index in [0.717, 1.165) is 22.6 Å². The van der Waals surface area contributed by atoms with E-state index in [1.165, 1.54) is 6.33 Å². The Bertz CT molecular complexity index is 464. The Morgan fingerprint density at radius 3 is 2.31 bits per heavy atom. The lowest BCUT2D eigenvalue weighted by Gasteiger charge is -2.02. The molecule has 0 saturated heterocycles. The summed E-state index contributed by atoms with van der Waals surface area (Å²) in [6.07, 6.45) is 1.52. The van der Waals surface area contributed by atoms with E-state index in [4.69, 9.17) is 0 Å². The Morgan fingerprint density at radius 1 is 0.846 bits per heavy atom. The quantitative estimate of drug-likeness (QED) is 0.604. The third-order valence-corrected chi connectivity index (χ3v) is 2.06. The minimum Gasteiger partial charge on any atom is -0.246 e. The zero-order valence-corrected chi connectivity index (χ0v) is 7.87. The molecule has 13 heavy (non-hydrogen) atoms. The van der Waals surface area contributed by atoms with Crippen LogP contribution >= 0.6 is 0 Å². The molecule has 4 heteroatoms. The van der Waals surface area contributed by atoms with E-state index in [-0.39, 0.29) is 0 Å². The first-order valence-electron chi connectivity index (χ1n) is 4.11. The van der Waals surface area contributed by atoms with Crippen molar-refractivity contribution in [3.8, 4) is 0 Å². The van der Waals surface area contributed by atoms with Gasteiger partial charge in [0.15, 0.2) is 5.65 Å². The molecule has 2 aromatic heterocycles. The summed E-state index contributed by atoms with van der Waals surface area (Å²) in [5.41, 5.74) is 4.21. The van der Waals surface area contributed by atoms with Crippen molar-refractivity contribution in [2.24, 2.45) is 0 Å². The molecule has 0 saturated carbocycles. The maximum absolute atomic E-state index is 4.39. The van der Waals surface area contributed by atoms with Crippen molar-refractivity contribution in [2.45, 2.75) is 20.8 Å². The van der Waals surface area contributed by atoms with Gasteiger partial charge in [0, 0.05) is 0 Å². The van der Waals surface area contributed by atoms with Gasteiger partial charge in [0.1, 0.15) is 11.8 Å². The molecule has 0 aliphatic heterocycles. The largest absolute Gasteiger partial charge is 0.246 e. The van der Waals surface area contributed by atoms with Crippen LogP contribution < -0.4 is 0 Å². The van der Waals surface area contributed by atoms with Crippen molar-refractivity contribution in [2.75, 3.05) is 0 Å². The molecule has 0 fully saturated rings. The fourth-order valence-corrected chi connectivity index (χ4v) is 1.16. The van der Waals surface area contributed by atoms with Crippen LogP contribution in [0, 0.1) is 20.8 Å². The van der Waals surface area contributed by atoms with E-state index in [1.54, 1.807) is 0 Å². The van der Waals surface area contributed by atoms with Crippen LogP contribution in [-0.4, -0.2) is 19.9 Å². The molecule has 0 aliphatic rings. The van der Waals surface area contributed by atoms with Gasteiger partial charge in [-0.1, -0.05) is 0 Å². The summed E-state index contributed by atoms with van der Waals surface area (Å²) < 4.78 is 0. The normalized spacial score (nSPS) is 10.7. The number of rotatable bonds is 0. The zero-order valence-electron chi connectivity index (χ0n) is 7.87. The second kappa shape index (κ2) is 2.73. The topological polar surface area (TPSA) is 51.6 Å². The predicted molar refractivity (Wildman–Crippen MR) is 49.3 cm³/mol. The molecule has 0 radical (unpaired) electrons. The van der Waals surface area contributed by atoms with Crippen LogP contribution in [0.1, 0.15) is 17.1 Å². The molecule has 2 aromatic rings. The Kier molecular flexibility index (Phi) is 1.69. The number of aromatic nitrogens is 4. The zero-order chi connectivity index (χ0) is 9.42. The van der Waals surface area contributed by atoms with Crippen LogP contribution in [0.3, 0.4) is 0 Å². The molecule has 2 heterocycles. The number of aryl methyl sites for hydroxylation is 3. The lowest BCUT2D eigenvalue weighted by molar-refractivity contribution is 1.04. The third-order valence-electron chi connectivity index (χ3n) is 2.06. The van der Waals surface area contributed by atoms with Crippen molar-refractivity contribution in [3.05, 3.63) is 23.4 Å². The van der Waals surface area contributed by atoms with Crippen LogP contribution in [-0.2, 0) is 0 Å². The fourth-order valence-electron chi connectivity index (χ4n) is 1.16. The number of hydrogen-bond acceptors (Lipinski definition) is 4. The summed E-state index contributed by atoms with van der Waals surface area (Å²) in [4.78, 5) is 16.8. The van der Waals surface area contributed by atoms with Crippen molar-refractivity contribution < 1.29 is 0 Å². The Labute approximate surface area is 76.1 Å². The molecule has 2 rings (SSSR count). The number of nitrogens with zero attached hydrogens (tertiary/aromatic N) is 4. The van der Waals surface area contributed by atoms with Crippen molar-refractivity contribution >= 4 is 11.2 Å². The van der Waals surface area contributed by atoms with Crippen molar-refractivity contribution in [1.82, 2.24) is 19.9 Å². The van der Waals surface area contributed by atoms with E-state index in [9.17, 15) is 0 Å². The molecule has 4 nitrogen and oxygen atoms in total. The lowest BCUT2D eigenvalue weighted by Crippen LogP contribution is -1.98. The molecular weight excluding hydrogens is 164 g/mol. The molecule has 66 valence electrons. The molecule has 0 amide bonds. The average molecular weight is 174 g/mol. The van der Waals surface area contributed by atoms with Crippen molar-refractivity contribution in [3.63, 3.8) is 0 Å². The summed E-state index contributed by atoms with van der Waals surface area (Å²) in [7, 11) is 0. The van der Waals surface area contributed by atoms with Gasteiger partial charge in [-0.05, 0) is 20.8 Å². The summed E-state index contributed by atoms with van der Waals surface area (Å²) in [6, 6.07) is 0. The van der Waals surface area contributed by atoms with Crippen LogP contribution in [0.4, 0.5) is 0 Å².